The molecule has 4 unspecified atom stereocenters. The average molecular weight is 1210 g/mol. The lowest BCUT2D eigenvalue weighted by molar-refractivity contribution is -0.141. The number of aliphatic hydroxyl groups is 1. The van der Waals surface area contributed by atoms with Gasteiger partial charge in [0.2, 0.25) is 0 Å². The average Bonchev–Trinajstić information content (AvgIpc) is 3.61. The monoisotopic (exact) mass is 1210 g/mol. The quantitative estimate of drug-likeness (QED) is 0.0291. The number of rotatable bonds is 26. The molecule has 0 spiro atoms. The minimum atomic E-state index is -0.984. The lowest BCUT2D eigenvalue weighted by Crippen LogP contribution is -2.13. The Balaban J connectivity index is 0.000000221. The van der Waals surface area contributed by atoms with Crippen molar-refractivity contribution in [3.05, 3.63) is 115 Å². The fraction of sp³-hybridized carbons (Fsp3) is 0.375. The number of carbonyl (C=O) groups is 8. The number of aryl methyl sites for hydroxylation is 4. The van der Waals surface area contributed by atoms with Crippen LogP contribution in [-0.2, 0) is 19.2 Å². The van der Waals surface area contributed by atoms with Crippen LogP contribution in [0.2, 0.25) is 0 Å². The number of ether oxygens (including phenoxy) is 3. The molecule has 83 heavy (non-hydrogen) atoms. The first-order valence-corrected chi connectivity index (χ1v) is 30.4. The Kier molecular flexibility index (Phi) is 23.0. The van der Waals surface area contributed by atoms with Crippen molar-refractivity contribution in [2.75, 3.05) is 26.4 Å². The summed E-state index contributed by atoms with van der Waals surface area (Å²) in [6.45, 7) is 18.7. The summed E-state index contributed by atoms with van der Waals surface area (Å²) in [5.41, 5.74) is 3.68. The molecule has 4 aromatic carbocycles. The van der Waals surface area contributed by atoms with Gasteiger partial charge in [-0.1, -0.05) is 27.7 Å². The van der Waals surface area contributed by atoms with E-state index in [1.807, 2.05) is 94.4 Å². The summed E-state index contributed by atoms with van der Waals surface area (Å²) in [4.78, 5) is 96.5. The predicted octanol–water partition coefficient (Wildman–Crippen LogP) is 14.6. The number of aliphatic hydroxyl groups excluding tert-OH is 1. The van der Waals surface area contributed by atoms with Crippen molar-refractivity contribution >= 4 is 132 Å². The number of benzene rings is 4. The zero-order chi connectivity index (χ0) is 61.0. The SMILES string of the molecule is CC(=O)C(C)CC(=O)c1cc2cc(C)c(O)cc2s1.CC(=O)C(C)CC(=O)c1cc2cc(C)c(OCCCO)cc2s1.Cc1cc2cc(C(=O)CC(C)C(=O)O)sc2cc1OCCCOc1cc2sc(C(=O)CC(C)C(=O)O)cc2cc1C. The van der Waals surface area contributed by atoms with Crippen LogP contribution in [0.15, 0.2) is 72.8 Å². The molecule has 19 heteroatoms. The van der Waals surface area contributed by atoms with Gasteiger partial charge in [0.25, 0.3) is 0 Å². The number of phenols is 1. The molecular formula is C64H70O15S4. The van der Waals surface area contributed by atoms with Gasteiger partial charge in [0, 0.05) is 75.8 Å². The number of aromatic hydroxyl groups is 1. The number of thiophene rings is 4. The highest BCUT2D eigenvalue weighted by molar-refractivity contribution is 7.22. The highest BCUT2D eigenvalue weighted by atomic mass is 32.1. The molecule has 0 aliphatic carbocycles. The van der Waals surface area contributed by atoms with E-state index in [0.717, 1.165) is 79.8 Å². The van der Waals surface area contributed by atoms with Crippen LogP contribution < -0.4 is 14.2 Å². The molecule has 8 aromatic rings. The molecule has 0 aliphatic heterocycles. The number of hydrogen-bond donors (Lipinski definition) is 4. The van der Waals surface area contributed by atoms with Crippen LogP contribution in [0.3, 0.4) is 0 Å². The Bertz CT molecular complexity index is 3560. The Morgan fingerprint density at radius 2 is 0.687 bits per heavy atom. The number of ketones is 6. The molecule has 0 aliphatic rings. The number of Topliss-reactive ketones (excluding diaryl/α,β-unsaturated/α-hetero) is 6. The molecule has 0 amide bonds. The van der Waals surface area contributed by atoms with Crippen LogP contribution in [0, 0.1) is 51.4 Å². The molecule has 0 saturated heterocycles. The van der Waals surface area contributed by atoms with Crippen molar-refractivity contribution in [3.8, 4) is 23.0 Å². The van der Waals surface area contributed by atoms with Gasteiger partial charge >= 0.3 is 11.9 Å². The molecule has 4 aromatic heterocycles. The van der Waals surface area contributed by atoms with Crippen molar-refractivity contribution in [2.24, 2.45) is 23.7 Å². The van der Waals surface area contributed by atoms with E-state index in [0.29, 0.717) is 52.2 Å². The molecule has 8 rings (SSSR count). The smallest absolute Gasteiger partial charge is 0.306 e. The lowest BCUT2D eigenvalue weighted by atomic mass is 10.00. The topological polar surface area (TPSA) is 245 Å². The number of carboxylic acid groups (broad SMARTS) is 2. The third-order valence-corrected chi connectivity index (χ3v) is 18.5. The number of hydrogen-bond acceptors (Lipinski definition) is 17. The maximum Gasteiger partial charge on any atom is 0.306 e. The van der Waals surface area contributed by atoms with Crippen molar-refractivity contribution in [1.82, 2.24) is 0 Å². The van der Waals surface area contributed by atoms with Crippen LogP contribution in [-0.4, -0.2) is 93.5 Å². The second-order valence-corrected chi connectivity index (χ2v) is 25.4. The molecule has 4 N–H and O–H groups in total. The second-order valence-electron chi connectivity index (χ2n) is 21.1. The lowest BCUT2D eigenvalue weighted by Gasteiger charge is -2.11. The largest absolute Gasteiger partial charge is 0.508 e. The third-order valence-electron chi connectivity index (χ3n) is 13.9. The molecule has 440 valence electrons. The summed E-state index contributed by atoms with van der Waals surface area (Å²) < 4.78 is 21.4. The van der Waals surface area contributed by atoms with Crippen LogP contribution in [0.25, 0.3) is 40.3 Å². The van der Waals surface area contributed by atoms with Gasteiger partial charge in [0.05, 0.1) is 51.2 Å². The summed E-state index contributed by atoms with van der Waals surface area (Å²) in [6, 6.07) is 22.6. The van der Waals surface area contributed by atoms with E-state index >= 15 is 0 Å². The number of fused-ring (bicyclic) bond motifs is 4. The van der Waals surface area contributed by atoms with Gasteiger partial charge in [0.1, 0.15) is 34.6 Å². The molecule has 0 radical (unpaired) electrons. The van der Waals surface area contributed by atoms with Crippen LogP contribution in [0.5, 0.6) is 23.0 Å². The van der Waals surface area contributed by atoms with E-state index in [1.165, 1.54) is 73.0 Å². The standard InChI is InChI=1S/C31H32O8S2.C18H22O4S.C15H16O3S/c1-16-8-20-12-28(22(32)10-18(3)30(34)35)40-26(20)14-24(16)38-6-5-7-39-25-15-27-21(9-17(25)2)13-29(41-27)23(33)11-19(4)31(36)37;1-11(13(3)20)8-15(21)18-9-14-7-12(2)16(10-17(14)23-18)22-6-4-5-19;1-8(10(3)16)5-13(18)15-6-11-4-9(2)12(17)7-14(11)19-15/h8-9,12-15,18-19H,5-7,10-11H2,1-4H3,(H,34,35)(H,36,37);7,9-11,19H,4-6,8H2,1-3H3;4,6-8,17H,5H2,1-3H3. The Hall–Kier alpha value is -7.16. The van der Waals surface area contributed by atoms with E-state index in [1.54, 1.807) is 19.9 Å². The van der Waals surface area contributed by atoms with Crippen LogP contribution >= 0.6 is 45.3 Å². The van der Waals surface area contributed by atoms with Crippen molar-refractivity contribution in [3.63, 3.8) is 0 Å². The highest BCUT2D eigenvalue weighted by Crippen LogP contribution is 2.37. The molecule has 4 heterocycles. The maximum atomic E-state index is 12.5. The summed E-state index contributed by atoms with van der Waals surface area (Å²) in [5, 5.41) is 40.5. The molecular weight excluding hydrogens is 1140 g/mol. The minimum Gasteiger partial charge on any atom is -0.508 e. The molecule has 0 saturated carbocycles. The summed E-state index contributed by atoms with van der Waals surface area (Å²) in [7, 11) is 0. The van der Waals surface area contributed by atoms with E-state index in [2.05, 4.69) is 0 Å². The molecule has 0 fully saturated rings. The number of phenolic OH excluding ortho intramolecular Hbond substituents is 1. The number of carboxylic acids is 2. The number of aliphatic carboxylic acids is 2. The normalized spacial score (nSPS) is 12.6. The predicted molar refractivity (Wildman–Crippen MR) is 330 cm³/mol. The zero-order valence-corrected chi connectivity index (χ0v) is 51.5. The van der Waals surface area contributed by atoms with Crippen molar-refractivity contribution in [2.45, 2.75) is 108 Å². The maximum absolute atomic E-state index is 12.5. The van der Waals surface area contributed by atoms with E-state index in [-0.39, 0.29) is 84.6 Å². The van der Waals surface area contributed by atoms with E-state index in [9.17, 15) is 43.5 Å². The van der Waals surface area contributed by atoms with Gasteiger partial charge in [-0.3, -0.25) is 38.4 Å². The third kappa shape index (κ3) is 17.7. The van der Waals surface area contributed by atoms with Crippen molar-refractivity contribution in [1.29, 1.82) is 0 Å². The summed E-state index contributed by atoms with van der Waals surface area (Å²) in [6.07, 6.45) is 1.66. The van der Waals surface area contributed by atoms with E-state index in [4.69, 9.17) is 29.5 Å². The van der Waals surface area contributed by atoms with Crippen LogP contribution in [0.1, 0.15) is 141 Å². The fourth-order valence-electron chi connectivity index (χ4n) is 8.40. The Labute approximate surface area is 497 Å². The van der Waals surface area contributed by atoms with E-state index < -0.39 is 23.8 Å². The van der Waals surface area contributed by atoms with Gasteiger partial charge in [-0.05, 0) is 158 Å². The minimum absolute atomic E-state index is 0.00861. The first-order valence-electron chi connectivity index (χ1n) is 27.2. The van der Waals surface area contributed by atoms with Crippen molar-refractivity contribution < 1.29 is 73.0 Å². The Morgan fingerprint density at radius 3 is 0.976 bits per heavy atom. The van der Waals surface area contributed by atoms with Gasteiger partial charge in [0.15, 0.2) is 23.1 Å². The van der Waals surface area contributed by atoms with Gasteiger partial charge in [-0.2, -0.15) is 0 Å². The second kappa shape index (κ2) is 29.4. The fourth-order valence-corrected chi connectivity index (χ4v) is 12.5. The van der Waals surface area contributed by atoms with Crippen LogP contribution in [0.4, 0.5) is 0 Å². The molecule has 4 atom stereocenters. The summed E-state index contributed by atoms with van der Waals surface area (Å²) >= 11 is 5.47. The number of carbonyl (C=O) groups excluding carboxylic acids is 6. The molecule has 0 bridgehead atoms. The van der Waals surface area contributed by atoms with Gasteiger partial charge in [-0.15, -0.1) is 45.3 Å². The summed E-state index contributed by atoms with van der Waals surface area (Å²) in [5.74, 6) is -1.73. The highest BCUT2D eigenvalue weighted by Gasteiger charge is 2.23. The first-order chi connectivity index (χ1) is 39.2. The van der Waals surface area contributed by atoms with Gasteiger partial charge < -0.3 is 34.6 Å². The first kappa shape index (κ1) is 65.0. The van der Waals surface area contributed by atoms with Gasteiger partial charge in [-0.25, -0.2) is 0 Å². The zero-order valence-electron chi connectivity index (χ0n) is 48.2. The molecule has 15 nitrogen and oxygen atoms in total. The Morgan fingerprint density at radius 1 is 0.410 bits per heavy atom.